The van der Waals surface area contributed by atoms with Crippen LogP contribution in [0, 0.1) is 5.92 Å². The highest BCUT2D eigenvalue weighted by molar-refractivity contribution is 5.94. The summed E-state index contributed by atoms with van der Waals surface area (Å²) in [5, 5.41) is 0. The number of amides is 2. The fraction of sp³-hybridized carbons (Fsp3) is 0.600. The minimum absolute atomic E-state index is 0.0817. The van der Waals surface area contributed by atoms with Gasteiger partial charge in [-0.15, -0.1) is 0 Å². The van der Waals surface area contributed by atoms with E-state index in [0.717, 1.165) is 12.8 Å². The van der Waals surface area contributed by atoms with Crippen LogP contribution in [-0.2, 0) is 16.6 Å². The summed E-state index contributed by atoms with van der Waals surface area (Å²) in [5.41, 5.74) is 4.59. The highest BCUT2D eigenvalue weighted by Crippen LogP contribution is 2.49. The average Bonchev–Trinajstić information content (AvgIpc) is 2.55. The van der Waals surface area contributed by atoms with Crippen LogP contribution in [0.4, 0.5) is 4.79 Å². The Bertz CT molecular complexity index is 740. The number of fused-ring (bicyclic) bond motifs is 4. The Labute approximate surface area is 155 Å². The van der Waals surface area contributed by atoms with Crippen molar-refractivity contribution >= 4 is 12.0 Å². The predicted octanol–water partition coefficient (Wildman–Crippen LogP) is 2.75. The van der Waals surface area contributed by atoms with Crippen LogP contribution in [0.2, 0.25) is 0 Å². The molecule has 0 spiro atoms. The van der Waals surface area contributed by atoms with Gasteiger partial charge < -0.3 is 9.64 Å². The molecule has 1 aromatic rings. The zero-order chi connectivity index (χ0) is 19.3. The summed E-state index contributed by atoms with van der Waals surface area (Å²) in [5.74, 6) is 5.28. The van der Waals surface area contributed by atoms with Gasteiger partial charge >= 0.3 is 6.09 Å². The molecule has 3 N–H and O–H groups in total. The molecule has 2 amide bonds. The van der Waals surface area contributed by atoms with Gasteiger partial charge in [0.25, 0.3) is 5.91 Å². The van der Waals surface area contributed by atoms with E-state index in [0.29, 0.717) is 12.1 Å². The van der Waals surface area contributed by atoms with Crippen molar-refractivity contribution in [2.45, 2.75) is 64.5 Å². The average molecular weight is 359 g/mol. The van der Waals surface area contributed by atoms with Gasteiger partial charge in [-0.1, -0.05) is 19.9 Å². The van der Waals surface area contributed by atoms with Crippen LogP contribution >= 0.6 is 0 Å². The number of carbonyl (C=O) groups excluding carboxylic acids is 2. The van der Waals surface area contributed by atoms with Crippen LogP contribution in [0.5, 0.6) is 0 Å². The molecule has 3 rings (SSSR count). The number of ether oxygens (including phenoxy) is 1. The molecular formula is C20H29N3O3. The molecule has 1 aliphatic carbocycles. The van der Waals surface area contributed by atoms with Crippen LogP contribution in [0.1, 0.15) is 62.5 Å². The summed E-state index contributed by atoms with van der Waals surface area (Å²) in [6.07, 6.45) is 1.37. The van der Waals surface area contributed by atoms with Crippen molar-refractivity contribution in [3.63, 3.8) is 0 Å². The van der Waals surface area contributed by atoms with Gasteiger partial charge in [-0.05, 0) is 68.2 Å². The topological polar surface area (TPSA) is 84.7 Å². The molecule has 6 nitrogen and oxygen atoms in total. The SMILES string of the molecule is C[C@@H]1[C@H]2Cc3ccc(C(=O)NN)cc3[C@]1(C)CCN2C(=O)OC(C)(C)C. The third kappa shape index (κ3) is 3.07. The van der Waals surface area contributed by atoms with Crippen LogP contribution in [0.25, 0.3) is 0 Å². The molecule has 2 bridgehead atoms. The molecule has 26 heavy (non-hydrogen) atoms. The molecule has 1 fully saturated rings. The van der Waals surface area contributed by atoms with Gasteiger partial charge in [0, 0.05) is 18.2 Å². The first-order valence-electron chi connectivity index (χ1n) is 9.21. The van der Waals surface area contributed by atoms with Crippen molar-refractivity contribution in [1.82, 2.24) is 10.3 Å². The number of nitrogens with zero attached hydrogens (tertiary/aromatic N) is 1. The van der Waals surface area contributed by atoms with Crippen LogP contribution in [0.15, 0.2) is 18.2 Å². The highest BCUT2D eigenvalue weighted by atomic mass is 16.6. The van der Waals surface area contributed by atoms with Crippen LogP contribution in [0.3, 0.4) is 0 Å². The number of nitrogens with two attached hydrogens (primary N) is 1. The molecule has 6 heteroatoms. The maximum absolute atomic E-state index is 12.7. The highest BCUT2D eigenvalue weighted by Gasteiger charge is 2.50. The molecule has 2 aliphatic rings. The van der Waals surface area contributed by atoms with Crippen LogP contribution < -0.4 is 11.3 Å². The summed E-state index contributed by atoms with van der Waals surface area (Å²) in [4.78, 5) is 26.5. The first kappa shape index (κ1) is 18.7. The molecule has 1 aromatic carbocycles. The lowest BCUT2D eigenvalue weighted by molar-refractivity contribution is -0.0164. The number of nitrogens with one attached hydrogen (secondary N) is 1. The molecule has 1 heterocycles. The van der Waals surface area contributed by atoms with E-state index in [9.17, 15) is 9.59 Å². The Morgan fingerprint density at radius 1 is 1.35 bits per heavy atom. The van der Waals surface area contributed by atoms with E-state index < -0.39 is 5.60 Å². The third-order valence-electron chi connectivity index (χ3n) is 6.03. The van der Waals surface area contributed by atoms with Crippen molar-refractivity contribution in [2.75, 3.05) is 6.54 Å². The minimum Gasteiger partial charge on any atom is -0.444 e. The van der Waals surface area contributed by atoms with Gasteiger partial charge in [0.1, 0.15) is 5.60 Å². The standard InChI is InChI=1S/C20H29N3O3/c1-12-16-11-13-6-7-14(17(24)22-21)10-15(13)20(12,5)8-9-23(16)18(25)26-19(2,3)4/h6-7,10,12,16H,8-9,11,21H2,1-5H3,(H,22,24)/t12-,16-,20-/m1/s1. The summed E-state index contributed by atoms with van der Waals surface area (Å²) < 4.78 is 5.62. The molecule has 0 unspecified atom stereocenters. The van der Waals surface area contributed by atoms with E-state index >= 15 is 0 Å². The lowest BCUT2D eigenvalue weighted by Crippen LogP contribution is -2.60. The molecule has 1 saturated heterocycles. The quantitative estimate of drug-likeness (QED) is 0.459. The third-order valence-corrected chi connectivity index (χ3v) is 6.03. The Hall–Kier alpha value is -2.08. The Morgan fingerprint density at radius 2 is 2.04 bits per heavy atom. The van der Waals surface area contributed by atoms with Gasteiger partial charge in [0.15, 0.2) is 0 Å². The Morgan fingerprint density at radius 3 is 2.65 bits per heavy atom. The predicted molar refractivity (Wildman–Crippen MR) is 99.7 cm³/mol. The Kier molecular flexibility index (Phi) is 4.51. The van der Waals surface area contributed by atoms with Gasteiger partial charge in [-0.2, -0.15) is 0 Å². The summed E-state index contributed by atoms with van der Waals surface area (Å²) in [6, 6.07) is 5.86. The van der Waals surface area contributed by atoms with Crippen molar-refractivity contribution in [2.24, 2.45) is 11.8 Å². The van der Waals surface area contributed by atoms with Crippen molar-refractivity contribution in [3.05, 3.63) is 34.9 Å². The van der Waals surface area contributed by atoms with Crippen molar-refractivity contribution in [3.8, 4) is 0 Å². The van der Waals surface area contributed by atoms with Crippen LogP contribution in [-0.4, -0.2) is 35.1 Å². The molecule has 3 atom stereocenters. The van der Waals surface area contributed by atoms with E-state index in [4.69, 9.17) is 10.6 Å². The van der Waals surface area contributed by atoms with Gasteiger partial charge in [0.05, 0.1) is 0 Å². The number of piperidine rings is 1. The van der Waals surface area contributed by atoms with Crippen molar-refractivity contribution in [1.29, 1.82) is 0 Å². The normalized spacial score (nSPS) is 27.5. The van der Waals surface area contributed by atoms with E-state index in [1.165, 1.54) is 11.1 Å². The largest absolute Gasteiger partial charge is 0.444 e. The Balaban J connectivity index is 1.95. The monoisotopic (exact) mass is 359 g/mol. The first-order chi connectivity index (χ1) is 12.1. The maximum atomic E-state index is 12.7. The second-order valence-electron chi connectivity index (χ2n) is 8.75. The summed E-state index contributed by atoms with van der Waals surface area (Å²) in [7, 11) is 0. The first-order valence-corrected chi connectivity index (χ1v) is 9.21. The van der Waals surface area contributed by atoms with E-state index in [-0.39, 0.29) is 29.4 Å². The van der Waals surface area contributed by atoms with E-state index in [1.807, 2.05) is 37.8 Å². The lowest BCUT2D eigenvalue weighted by atomic mass is 9.59. The lowest BCUT2D eigenvalue weighted by Gasteiger charge is -2.54. The second-order valence-corrected chi connectivity index (χ2v) is 8.75. The number of hydrogen-bond donors (Lipinski definition) is 2. The number of likely N-dealkylation sites (tertiary alicyclic amines) is 1. The van der Waals surface area contributed by atoms with Gasteiger partial charge in [-0.25, -0.2) is 10.6 Å². The molecule has 1 aliphatic heterocycles. The fourth-order valence-electron chi connectivity index (χ4n) is 4.39. The smallest absolute Gasteiger partial charge is 0.410 e. The molecule has 0 radical (unpaired) electrons. The number of hydrogen-bond acceptors (Lipinski definition) is 4. The van der Waals surface area contributed by atoms with Gasteiger partial charge in [0.2, 0.25) is 0 Å². The zero-order valence-corrected chi connectivity index (χ0v) is 16.3. The zero-order valence-electron chi connectivity index (χ0n) is 16.3. The fourth-order valence-corrected chi connectivity index (χ4v) is 4.39. The van der Waals surface area contributed by atoms with E-state index in [1.54, 1.807) is 6.07 Å². The molecule has 0 aromatic heterocycles. The number of carbonyl (C=O) groups is 2. The minimum atomic E-state index is -0.502. The second kappa shape index (κ2) is 6.27. The van der Waals surface area contributed by atoms with E-state index in [2.05, 4.69) is 19.3 Å². The number of nitrogen functional groups attached to an aromatic ring is 1. The maximum Gasteiger partial charge on any atom is 0.410 e. The summed E-state index contributed by atoms with van der Waals surface area (Å²) in [6.45, 7) is 10.8. The summed E-state index contributed by atoms with van der Waals surface area (Å²) >= 11 is 0. The molecule has 142 valence electrons. The van der Waals surface area contributed by atoms with Gasteiger partial charge in [-0.3, -0.25) is 10.2 Å². The number of benzene rings is 1. The molecule has 0 saturated carbocycles. The van der Waals surface area contributed by atoms with Crippen molar-refractivity contribution < 1.29 is 14.3 Å². The number of hydrazine groups is 1. The molecular weight excluding hydrogens is 330 g/mol. The number of rotatable bonds is 1.